The summed E-state index contributed by atoms with van der Waals surface area (Å²) < 4.78 is 5.02. The molecule has 2 aliphatic rings. The SMILES string of the molecule is CCOC(=O)N1CCN(C(=NC)NCC(=O)NC2CCCCC2)CC1. The zero-order valence-corrected chi connectivity index (χ0v) is 15.4. The van der Waals surface area contributed by atoms with Gasteiger partial charge >= 0.3 is 6.09 Å². The maximum absolute atomic E-state index is 12.1. The molecule has 1 saturated carbocycles. The maximum Gasteiger partial charge on any atom is 0.409 e. The summed E-state index contributed by atoms with van der Waals surface area (Å²) in [5.74, 6) is 0.709. The molecule has 0 aromatic carbocycles. The van der Waals surface area contributed by atoms with Gasteiger partial charge in [-0.2, -0.15) is 0 Å². The second-order valence-electron chi connectivity index (χ2n) is 6.48. The largest absolute Gasteiger partial charge is 0.450 e. The van der Waals surface area contributed by atoms with Crippen molar-refractivity contribution in [1.82, 2.24) is 20.4 Å². The van der Waals surface area contributed by atoms with Crippen LogP contribution in [0.3, 0.4) is 0 Å². The van der Waals surface area contributed by atoms with Crippen molar-refractivity contribution < 1.29 is 14.3 Å². The Morgan fingerprint density at radius 1 is 1.08 bits per heavy atom. The van der Waals surface area contributed by atoms with Crippen LogP contribution in [0, 0.1) is 0 Å². The van der Waals surface area contributed by atoms with Gasteiger partial charge in [-0.25, -0.2) is 4.79 Å². The summed E-state index contributed by atoms with van der Waals surface area (Å²) >= 11 is 0. The molecule has 2 N–H and O–H groups in total. The molecule has 1 aliphatic heterocycles. The van der Waals surface area contributed by atoms with Gasteiger partial charge in [-0.05, 0) is 19.8 Å². The fraction of sp³-hybridized carbons (Fsp3) is 0.824. The van der Waals surface area contributed by atoms with Gasteiger partial charge in [0.1, 0.15) is 0 Å². The van der Waals surface area contributed by atoms with Crippen molar-refractivity contribution in [2.75, 3.05) is 46.4 Å². The predicted octanol–water partition coefficient (Wildman–Crippen LogP) is 0.785. The number of hydrogen-bond donors (Lipinski definition) is 2. The summed E-state index contributed by atoms with van der Waals surface area (Å²) in [7, 11) is 1.71. The highest BCUT2D eigenvalue weighted by Gasteiger charge is 2.24. The number of nitrogens with zero attached hydrogens (tertiary/aromatic N) is 3. The van der Waals surface area contributed by atoms with Gasteiger partial charge in [0.25, 0.3) is 0 Å². The van der Waals surface area contributed by atoms with E-state index in [9.17, 15) is 9.59 Å². The smallest absolute Gasteiger partial charge is 0.409 e. The molecule has 1 heterocycles. The third-order valence-corrected chi connectivity index (χ3v) is 4.69. The van der Waals surface area contributed by atoms with Crippen molar-refractivity contribution in [2.45, 2.75) is 45.1 Å². The monoisotopic (exact) mass is 353 g/mol. The second-order valence-corrected chi connectivity index (χ2v) is 6.48. The number of rotatable bonds is 4. The number of guanidine groups is 1. The Labute approximate surface area is 150 Å². The molecule has 0 bridgehead atoms. The molecule has 2 fully saturated rings. The third-order valence-electron chi connectivity index (χ3n) is 4.69. The number of hydrogen-bond acceptors (Lipinski definition) is 4. The van der Waals surface area contributed by atoms with Gasteiger partial charge in [-0.1, -0.05) is 19.3 Å². The van der Waals surface area contributed by atoms with Crippen molar-refractivity contribution in [3.63, 3.8) is 0 Å². The van der Waals surface area contributed by atoms with Gasteiger partial charge in [-0.3, -0.25) is 9.79 Å². The van der Waals surface area contributed by atoms with Crippen LogP contribution in [0.5, 0.6) is 0 Å². The third kappa shape index (κ3) is 6.10. The van der Waals surface area contributed by atoms with Crippen LogP contribution in [0.1, 0.15) is 39.0 Å². The van der Waals surface area contributed by atoms with Gasteiger partial charge in [0.15, 0.2) is 5.96 Å². The Bertz CT molecular complexity index is 469. The summed E-state index contributed by atoms with van der Waals surface area (Å²) in [6, 6.07) is 0.318. The molecule has 0 aromatic rings. The Morgan fingerprint density at radius 3 is 2.32 bits per heavy atom. The molecular formula is C17H31N5O3. The van der Waals surface area contributed by atoms with E-state index in [4.69, 9.17) is 4.74 Å². The van der Waals surface area contributed by atoms with Crippen LogP contribution in [0.15, 0.2) is 4.99 Å². The predicted molar refractivity (Wildman–Crippen MR) is 96.5 cm³/mol. The minimum atomic E-state index is -0.267. The number of carbonyl (C=O) groups excluding carboxylic acids is 2. The lowest BCUT2D eigenvalue weighted by atomic mass is 9.95. The summed E-state index contributed by atoms with van der Waals surface area (Å²) in [5.41, 5.74) is 0. The lowest BCUT2D eigenvalue weighted by Crippen LogP contribution is -2.55. The first-order valence-corrected chi connectivity index (χ1v) is 9.30. The van der Waals surface area contributed by atoms with Gasteiger partial charge in [0.2, 0.25) is 5.91 Å². The molecule has 1 saturated heterocycles. The number of carbonyl (C=O) groups is 2. The number of nitrogens with one attached hydrogen (secondary N) is 2. The van der Waals surface area contributed by atoms with Gasteiger partial charge in [0, 0.05) is 39.3 Å². The molecule has 2 rings (SSSR count). The van der Waals surface area contributed by atoms with E-state index in [0.29, 0.717) is 44.8 Å². The van der Waals surface area contributed by atoms with Crippen LogP contribution in [0.2, 0.25) is 0 Å². The van der Waals surface area contributed by atoms with E-state index < -0.39 is 0 Å². The van der Waals surface area contributed by atoms with E-state index in [0.717, 1.165) is 12.8 Å². The molecule has 25 heavy (non-hydrogen) atoms. The average molecular weight is 353 g/mol. The van der Waals surface area contributed by atoms with Gasteiger partial charge in [0.05, 0.1) is 13.2 Å². The van der Waals surface area contributed by atoms with Crippen molar-refractivity contribution >= 4 is 18.0 Å². The van der Waals surface area contributed by atoms with Crippen molar-refractivity contribution in [3.8, 4) is 0 Å². The molecule has 0 radical (unpaired) electrons. The molecule has 2 amide bonds. The maximum atomic E-state index is 12.1. The molecule has 0 aromatic heterocycles. The molecular weight excluding hydrogens is 322 g/mol. The number of piperazine rings is 1. The molecule has 1 aliphatic carbocycles. The number of aliphatic imine (C=N–C) groups is 1. The molecule has 8 heteroatoms. The van der Waals surface area contributed by atoms with E-state index >= 15 is 0 Å². The van der Waals surface area contributed by atoms with E-state index in [2.05, 4.69) is 20.5 Å². The molecule has 0 atom stereocenters. The molecule has 8 nitrogen and oxygen atoms in total. The quantitative estimate of drug-likeness (QED) is 0.576. The van der Waals surface area contributed by atoms with Crippen LogP contribution in [0.25, 0.3) is 0 Å². The van der Waals surface area contributed by atoms with Gasteiger partial charge in [-0.15, -0.1) is 0 Å². The zero-order chi connectivity index (χ0) is 18.1. The van der Waals surface area contributed by atoms with Crippen LogP contribution < -0.4 is 10.6 Å². The summed E-state index contributed by atoms with van der Waals surface area (Å²) in [4.78, 5) is 31.9. The first kappa shape index (κ1) is 19.3. The van der Waals surface area contributed by atoms with Gasteiger partial charge < -0.3 is 25.2 Å². The van der Waals surface area contributed by atoms with Crippen molar-refractivity contribution in [2.24, 2.45) is 4.99 Å². The topological polar surface area (TPSA) is 86.3 Å². The van der Waals surface area contributed by atoms with Crippen molar-refractivity contribution in [1.29, 1.82) is 0 Å². The fourth-order valence-electron chi connectivity index (χ4n) is 3.33. The zero-order valence-electron chi connectivity index (χ0n) is 15.4. The summed E-state index contributed by atoms with van der Waals surface area (Å²) in [6.45, 7) is 4.94. The first-order valence-electron chi connectivity index (χ1n) is 9.30. The summed E-state index contributed by atoms with van der Waals surface area (Å²) in [6.07, 6.45) is 5.56. The van der Waals surface area contributed by atoms with Crippen molar-refractivity contribution in [3.05, 3.63) is 0 Å². The minimum Gasteiger partial charge on any atom is -0.450 e. The van der Waals surface area contributed by atoms with E-state index in [1.165, 1.54) is 19.3 Å². The highest BCUT2D eigenvalue weighted by atomic mass is 16.6. The normalized spacial score (nSPS) is 19.5. The fourth-order valence-corrected chi connectivity index (χ4v) is 3.33. The number of amides is 2. The molecule has 0 spiro atoms. The number of ether oxygens (including phenoxy) is 1. The Kier molecular flexibility index (Phi) is 7.81. The highest BCUT2D eigenvalue weighted by molar-refractivity contribution is 5.86. The van der Waals surface area contributed by atoms with E-state index in [-0.39, 0.29) is 18.5 Å². The lowest BCUT2D eigenvalue weighted by molar-refractivity contribution is -0.120. The molecule has 142 valence electrons. The lowest BCUT2D eigenvalue weighted by Gasteiger charge is -2.35. The standard InChI is InChI=1S/C17H31N5O3/c1-3-25-17(24)22-11-9-21(10-12-22)16(18-2)19-13-15(23)20-14-7-5-4-6-8-14/h14H,3-13H2,1-2H3,(H,18,19)(H,20,23). The van der Waals surface area contributed by atoms with Crippen LogP contribution in [-0.4, -0.2) is 80.2 Å². The Hall–Kier alpha value is -1.99. The van der Waals surface area contributed by atoms with Crippen LogP contribution in [-0.2, 0) is 9.53 Å². The second kappa shape index (κ2) is 10.1. The first-order chi connectivity index (χ1) is 12.1. The average Bonchev–Trinajstić information content (AvgIpc) is 2.64. The van der Waals surface area contributed by atoms with E-state index in [1.807, 2.05) is 0 Å². The molecule has 0 unspecified atom stereocenters. The Balaban J connectivity index is 1.71. The minimum absolute atomic E-state index is 0.0122. The van der Waals surface area contributed by atoms with Crippen LogP contribution in [0.4, 0.5) is 4.79 Å². The summed E-state index contributed by atoms with van der Waals surface area (Å²) in [5, 5.41) is 6.22. The highest BCUT2D eigenvalue weighted by Crippen LogP contribution is 2.17. The van der Waals surface area contributed by atoms with Crippen LogP contribution >= 0.6 is 0 Å². The van der Waals surface area contributed by atoms with E-state index in [1.54, 1.807) is 18.9 Å². The Morgan fingerprint density at radius 2 is 1.72 bits per heavy atom.